The van der Waals surface area contributed by atoms with Crippen LogP contribution in [0.4, 0.5) is 0 Å². The molecule has 1 aromatic carbocycles. The highest BCUT2D eigenvalue weighted by Crippen LogP contribution is 2.31. The molecule has 220 valence electrons. The van der Waals surface area contributed by atoms with Gasteiger partial charge in [0.15, 0.2) is 0 Å². The summed E-state index contributed by atoms with van der Waals surface area (Å²) in [5.74, 6) is -4.17. The van der Waals surface area contributed by atoms with Gasteiger partial charge in [0.1, 0.15) is 17.3 Å². The predicted octanol–water partition coefficient (Wildman–Crippen LogP) is 0.221. The van der Waals surface area contributed by atoms with Crippen LogP contribution in [0.15, 0.2) is 48.9 Å². The molecule has 1 saturated heterocycles. The Morgan fingerprint density at radius 3 is 2.49 bits per heavy atom. The molecule has 13 nitrogen and oxygen atoms in total. The van der Waals surface area contributed by atoms with Gasteiger partial charge in [-0.2, -0.15) is 0 Å². The standard InChI is InChI=1S/C28H36N6O7/c1-27(2,3)41-26(39)28(40)21(12-15-34(28)23(36)11-7-10-18-8-5-4-6-9-18)33-24(37)19(16-22(29)35)32-25(38)20-17-30-13-14-31-20/h4-6,8-9,13-14,17,19,21,40H,7,10-12,15-16H2,1-3H3,(H2,29,35)(H,32,38)(H,33,37)/t19-,21-,28-/m0/s1. The van der Waals surface area contributed by atoms with E-state index in [1.54, 1.807) is 20.8 Å². The summed E-state index contributed by atoms with van der Waals surface area (Å²) in [7, 11) is 0. The molecule has 1 aromatic heterocycles. The third-order valence-corrected chi connectivity index (χ3v) is 6.38. The molecule has 1 aliphatic heterocycles. The third kappa shape index (κ3) is 8.30. The fourth-order valence-electron chi connectivity index (χ4n) is 4.47. The number of carbonyl (C=O) groups is 5. The summed E-state index contributed by atoms with van der Waals surface area (Å²) in [6, 6.07) is 6.81. The van der Waals surface area contributed by atoms with Crippen LogP contribution in [0, 0.1) is 0 Å². The van der Waals surface area contributed by atoms with E-state index in [4.69, 9.17) is 10.5 Å². The maximum absolute atomic E-state index is 13.3. The van der Waals surface area contributed by atoms with Crippen LogP contribution in [0.5, 0.6) is 0 Å². The maximum atomic E-state index is 13.3. The van der Waals surface area contributed by atoms with Crippen LogP contribution in [0.3, 0.4) is 0 Å². The zero-order chi connectivity index (χ0) is 30.2. The van der Waals surface area contributed by atoms with Crippen molar-refractivity contribution in [3.05, 3.63) is 60.2 Å². The Hall–Kier alpha value is -4.39. The summed E-state index contributed by atoms with van der Waals surface area (Å²) in [5.41, 5.74) is 2.70. The van der Waals surface area contributed by atoms with Gasteiger partial charge in [-0.05, 0) is 45.6 Å². The van der Waals surface area contributed by atoms with Gasteiger partial charge in [-0.3, -0.25) is 24.2 Å². The van der Waals surface area contributed by atoms with E-state index in [1.165, 1.54) is 18.6 Å². The van der Waals surface area contributed by atoms with Gasteiger partial charge in [0, 0.05) is 25.4 Å². The normalized spacial score (nSPS) is 19.2. The molecule has 2 heterocycles. The number of benzene rings is 1. The Bertz CT molecular complexity index is 1250. The van der Waals surface area contributed by atoms with Gasteiger partial charge < -0.3 is 31.1 Å². The monoisotopic (exact) mass is 568 g/mol. The molecular formula is C28H36N6O7. The highest BCUT2D eigenvalue weighted by atomic mass is 16.6. The van der Waals surface area contributed by atoms with Gasteiger partial charge in [-0.25, -0.2) is 9.78 Å². The molecule has 13 heteroatoms. The Labute approximate surface area is 237 Å². The lowest BCUT2D eigenvalue weighted by atomic mass is 10.0. The van der Waals surface area contributed by atoms with Gasteiger partial charge in [0.2, 0.25) is 17.7 Å². The number of aliphatic hydroxyl groups is 1. The van der Waals surface area contributed by atoms with Crippen molar-refractivity contribution in [2.45, 2.75) is 76.3 Å². The van der Waals surface area contributed by atoms with Gasteiger partial charge in [0.25, 0.3) is 11.6 Å². The Balaban J connectivity index is 1.79. The van der Waals surface area contributed by atoms with Crippen molar-refractivity contribution >= 4 is 29.6 Å². The molecule has 0 spiro atoms. The van der Waals surface area contributed by atoms with Crippen molar-refractivity contribution in [3.63, 3.8) is 0 Å². The van der Waals surface area contributed by atoms with Crippen molar-refractivity contribution in [1.82, 2.24) is 25.5 Å². The first-order valence-electron chi connectivity index (χ1n) is 13.3. The average Bonchev–Trinajstić information content (AvgIpc) is 3.25. The zero-order valence-corrected chi connectivity index (χ0v) is 23.3. The Morgan fingerprint density at radius 2 is 1.88 bits per heavy atom. The molecular weight excluding hydrogens is 532 g/mol. The van der Waals surface area contributed by atoms with Crippen LogP contribution in [-0.4, -0.2) is 79.5 Å². The van der Waals surface area contributed by atoms with E-state index in [0.29, 0.717) is 12.8 Å². The van der Waals surface area contributed by atoms with E-state index in [0.717, 1.165) is 10.5 Å². The largest absolute Gasteiger partial charge is 0.456 e. The van der Waals surface area contributed by atoms with Crippen molar-refractivity contribution in [1.29, 1.82) is 0 Å². The number of primary amides is 1. The number of amides is 4. The number of nitrogens with two attached hydrogens (primary N) is 1. The van der Waals surface area contributed by atoms with Crippen LogP contribution in [0.1, 0.15) is 62.5 Å². The number of esters is 1. The second kappa shape index (κ2) is 13.3. The summed E-state index contributed by atoms with van der Waals surface area (Å²) in [6.07, 6.45) is 4.37. The molecule has 5 N–H and O–H groups in total. The van der Waals surface area contributed by atoms with Gasteiger partial charge in [-0.1, -0.05) is 30.3 Å². The lowest BCUT2D eigenvalue weighted by Gasteiger charge is -2.37. The van der Waals surface area contributed by atoms with E-state index < -0.39 is 59.4 Å². The summed E-state index contributed by atoms with van der Waals surface area (Å²) >= 11 is 0. The molecule has 2 aromatic rings. The van der Waals surface area contributed by atoms with Gasteiger partial charge in [0.05, 0.1) is 18.7 Å². The smallest absolute Gasteiger partial charge is 0.362 e. The minimum atomic E-state index is -2.53. The first-order chi connectivity index (χ1) is 19.3. The molecule has 3 rings (SSSR count). The summed E-state index contributed by atoms with van der Waals surface area (Å²) < 4.78 is 5.44. The number of aromatic nitrogens is 2. The lowest BCUT2D eigenvalue weighted by molar-refractivity contribution is -0.200. The Kier molecular flexibility index (Phi) is 10.1. The molecule has 0 unspecified atom stereocenters. The number of nitrogens with zero attached hydrogens (tertiary/aromatic N) is 3. The Morgan fingerprint density at radius 1 is 1.17 bits per heavy atom. The van der Waals surface area contributed by atoms with E-state index in [2.05, 4.69) is 20.6 Å². The fraction of sp³-hybridized carbons (Fsp3) is 0.464. The van der Waals surface area contributed by atoms with E-state index >= 15 is 0 Å². The van der Waals surface area contributed by atoms with Crippen molar-refractivity contribution < 1.29 is 33.8 Å². The average molecular weight is 569 g/mol. The number of ether oxygens (including phenoxy) is 1. The molecule has 0 radical (unpaired) electrons. The second-order valence-corrected chi connectivity index (χ2v) is 10.7. The molecule has 41 heavy (non-hydrogen) atoms. The highest BCUT2D eigenvalue weighted by Gasteiger charge is 2.58. The fourth-order valence-corrected chi connectivity index (χ4v) is 4.47. The van der Waals surface area contributed by atoms with Crippen LogP contribution in [0.25, 0.3) is 0 Å². The van der Waals surface area contributed by atoms with Crippen LogP contribution >= 0.6 is 0 Å². The molecule has 4 amide bonds. The maximum Gasteiger partial charge on any atom is 0.362 e. The molecule has 0 saturated carbocycles. The van der Waals surface area contributed by atoms with Gasteiger partial charge in [-0.15, -0.1) is 0 Å². The van der Waals surface area contributed by atoms with Gasteiger partial charge >= 0.3 is 5.97 Å². The third-order valence-electron chi connectivity index (χ3n) is 6.38. The first-order valence-corrected chi connectivity index (χ1v) is 13.3. The summed E-state index contributed by atoms with van der Waals surface area (Å²) in [4.78, 5) is 72.8. The van der Waals surface area contributed by atoms with Crippen LogP contribution in [0.2, 0.25) is 0 Å². The summed E-state index contributed by atoms with van der Waals surface area (Å²) in [6.45, 7) is 4.77. The quantitative estimate of drug-likeness (QED) is 0.274. The predicted molar refractivity (Wildman–Crippen MR) is 146 cm³/mol. The van der Waals surface area contributed by atoms with Crippen molar-refractivity contribution in [2.24, 2.45) is 5.73 Å². The number of likely N-dealkylation sites (tertiary alicyclic amines) is 1. The minimum Gasteiger partial charge on any atom is -0.456 e. The second-order valence-electron chi connectivity index (χ2n) is 10.7. The number of nitrogens with one attached hydrogen (secondary N) is 2. The van der Waals surface area contributed by atoms with E-state index in [-0.39, 0.29) is 25.1 Å². The van der Waals surface area contributed by atoms with Crippen LogP contribution < -0.4 is 16.4 Å². The highest BCUT2D eigenvalue weighted by molar-refractivity contribution is 5.98. The number of hydrogen-bond donors (Lipinski definition) is 4. The topological polar surface area (TPSA) is 194 Å². The number of aryl methyl sites for hydroxylation is 1. The number of carbonyl (C=O) groups excluding carboxylic acids is 5. The molecule has 0 bridgehead atoms. The summed E-state index contributed by atoms with van der Waals surface area (Å²) in [5, 5.41) is 16.6. The number of rotatable bonds is 11. The van der Waals surface area contributed by atoms with Crippen molar-refractivity contribution in [3.8, 4) is 0 Å². The van der Waals surface area contributed by atoms with E-state index in [1.807, 2.05) is 30.3 Å². The van der Waals surface area contributed by atoms with Crippen molar-refractivity contribution in [2.75, 3.05) is 6.54 Å². The first kappa shape index (κ1) is 31.1. The molecule has 0 aliphatic carbocycles. The molecule has 1 fully saturated rings. The molecule has 3 atom stereocenters. The van der Waals surface area contributed by atoms with E-state index in [9.17, 15) is 29.1 Å². The number of hydrogen-bond acceptors (Lipinski definition) is 9. The molecule has 1 aliphatic rings. The SMILES string of the molecule is CC(C)(C)OC(=O)[C@@]1(O)[C@@H](NC(=O)[C@H](CC(N)=O)NC(=O)c2cnccn2)CCN1C(=O)CCCc1ccccc1. The lowest BCUT2D eigenvalue weighted by Crippen LogP contribution is -2.65. The van der Waals surface area contributed by atoms with Crippen LogP contribution in [-0.2, 0) is 30.3 Å². The minimum absolute atomic E-state index is 0.00725. The zero-order valence-electron chi connectivity index (χ0n) is 23.3.